The Bertz CT molecular complexity index is 871. The Balaban J connectivity index is 2.00. The van der Waals surface area contributed by atoms with Crippen molar-refractivity contribution >= 4 is 11.8 Å². The highest BCUT2D eigenvalue weighted by molar-refractivity contribution is 5.85. The highest BCUT2D eigenvalue weighted by Gasteiger charge is 2.15. The second-order valence-corrected chi connectivity index (χ2v) is 7.35. The van der Waals surface area contributed by atoms with E-state index in [-0.39, 0.29) is 36.2 Å². The van der Waals surface area contributed by atoms with Gasteiger partial charge in [-0.1, -0.05) is 12.1 Å². The summed E-state index contributed by atoms with van der Waals surface area (Å²) in [5.74, 6) is -0.193. The molecule has 0 aliphatic rings. The zero-order valence-electron chi connectivity index (χ0n) is 17.3. The van der Waals surface area contributed by atoms with Gasteiger partial charge in [0.15, 0.2) is 0 Å². The first-order valence-corrected chi connectivity index (χ1v) is 9.17. The van der Waals surface area contributed by atoms with Crippen molar-refractivity contribution in [2.24, 2.45) is 0 Å². The minimum absolute atomic E-state index is 0.102. The Morgan fingerprint density at radius 2 is 1.00 bits per heavy atom. The lowest BCUT2D eigenvalue weighted by molar-refractivity contribution is -0.128. The molecule has 2 aromatic rings. The van der Waals surface area contributed by atoms with Gasteiger partial charge in [-0.25, -0.2) is 0 Å². The molecule has 2 amide bonds. The van der Waals surface area contributed by atoms with Gasteiger partial charge < -0.3 is 10.2 Å². The minimum atomic E-state index is -0.337. The summed E-state index contributed by atoms with van der Waals surface area (Å²) in [4.78, 5) is 24.5. The molecule has 0 saturated heterocycles. The number of aromatic hydroxyl groups is 2. The lowest BCUT2D eigenvalue weighted by Crippen LogP contribution is -2.43. The normalized spacial score (nSPS) is 10.6. The summed E-state index contributed by atoms with van der Waals surface area (Å²) in [5.41, 5.74) is 11.1. The zero-order valence-corrected chi connectivity index (χ0v) is 17.3. The first kappa shape index (κ1) is 21.3. The number of hydrazine groups is 1. The maximum atomic E-state index is 12.2. The first-order valence-electron chi connectivity index (χ1n) is 9.17. The van der Waals surface area contributed by atoms with Crippen LogP contribution in [0.2, 0.25) is 0 Å². The third-order valence-electron chi connectivity index (χ3n) is 5.37. The Morgan fingerprint density at radius 1 is 0.679 bits per heavy atom. The summed E-state index contributed by atoms with van der Waals surface area (Å²) in [6, 6.07) is 3.56. The van der Waals surface area contributed by atoms with E-state index in [9.17, 15) is 19.8 Å². The molecule has 0 saturated carbocycles. The number of hydrogen-bond donors (Lipinski definition) is 4. The summed E-state index contributed by atoms with van der Waals surface area (Å²) < 4.78 is 0. The van der Waals surface area contributed by atoms with Crippen LogP contribution in [0, 0.1) is 41.5 Å². The van der Waals surface area contributed by atoms with E-state index < -0.39 is 0 Å². The van der Waals surface area contributed by atoms with Crippen LogP contribution in [0.1, 0.15) is 44.5 Å². The van der Waals surface area contributed by atoms with Crippen molar-refractivity contribution in [1.82, 2.24) is 10.9 Å². The fraction of sp³-hybridized carbons (Fsp3) is 0.364. The van der Waals surface area contributed by atoms with Crippen molar-refractivity contribution in [3.8, 4) is 11.5 Å². The molecule has 0 aliphatic carbocycles. The molecule has 0 unspecified atom stereocenters. The Labute approximate surface area is 165 Å². The molecule has 0 bridgehead atoms. The molecular weight excluding hydrogens is 356 g/mol. The molecule has 2 aromatic carbocycles. The Hall–Kier alpha value is -3.02. The summed E-state index contributed by atoms with van der Waals surface area (Å²) in [6.07, 6.45) is 0.203. The molecule has 0 aliphatic heterocycles. The Morgan fingerprint density at radius 3 is 1.32 bits per heavy atom. The third-order valence-corrected chi connectivity index (χ3v) is 5.37. The van der Waals surface area contributed by atoms with Crippen molar-refractivity contribution in [2.75, 3.05) is 0 Å². The van der Waals surface area contributed by atoms with Gasteiger partial charge in [0.2, 0.25) is 11.8 Å². The molecule has 0 fully saturated rings. The minimum Gasteiger partial charge on any atom is -0.507 e. The van der Waals surface area contributed by atoms with Gasteiger partial charge in [0, 0.05) is 0 Å². The van der Waals surface area contributed by atoms with E-state index in [0.717, 1.165) is 33.4 Å². The van der Waals surface area contributed by atoms with Crippen LogP contribution in [-0.4, -0.2) is 22.0 Å². The SMILES string of the molecule is Cc1cc(CC(=O)NNC(=O)Cc2cc(C)c(O)c(C)c2C)c(C)c(C)c1O. The van der Waals surface area contributed by atoms with Gasteiger partial charge in [0.05, 0.1) is 12.8 Å². The van der Waals surface area contributed by atoms with Crippen LogP contribution in [0.3, 0.4) is 0 Å². The van der Waals surface area contributed by atoms with E-state index in [1.165, 1.54) is 0 Å². The van der Waals surface area contributed by atoms with E-state index in [2.05, 4.69) is 10.9 Å². The molecule has 0 spiro atoms. The highest BCUT2D eigenvalue weighted by atomic mass is 16.3. The summed E-state index contributed by atoms with van der Waals surface area (Å²) in [5, 5.41) is 19.9. The van der Waals surface area contributed by atoms with Crippen LogP contribution < -0.4 is 10.9 Å². The second-order valence-electron chi connectivity index (χ2n) is 7.35. The van der Waals surface area contributed by atoms with E-state index in [1.54, 1.807) is 26.0 Å². The summed E-state index contributed by atoms with van der Waals surface area (Å²) in [6.45, 7) is 10.9. The monoisotopic (exact) mass is 384 g/mol. The standard InChI is InChI=1S/C22H28N2O4/c1-11-7-17(13(3)15(5)21(11)27)9-19(25)23-24-20(26)10-18-8-12(2)22(28)16(6)14(18)4/h7-8,27-28H,9-10H2,1-6H3,(H,23,25)(H,24,26). The number of hydrogen-bond acceptors (Lipinski definition) is 4. The van der Waals surface area contributed by atoms with Gasteiger partial charge in [-0.3, -0.25) is 20.4 Å². The van der Waals surface area contributed by atoms with Gasteiger partial charge in [0.25, 0.3) is 0 Å². The molecule has 0 aromatic heterocycles. The van der Waals surface area contributed by atoms with Gasteiger partial charge in [0.1, 0.15) is 11.5 Å². The van der Waals surface area contributed by atoms with Crippen LogP contribution in [0.15, 0.2) is 12.1 Å². The van der Waals surface area contributed by atoms with Crippen LogP contribution in [0.25, 0.3) is 0 Å². The number of carbonyl (C=O) groups is 2. The van der Waals surface area contributed by atoms with E-state index in [1.807, 2.05) is 27.7 Å². The number of carbonyl (C=O) groups excluding carboxylic acids is 2. The number of benzene rings is 2. The molecule has 2 rings (SSSR count). The Kier molecular flexibility index (Phi) is 6.33. The first-order chi connectivity index (χ1) is 13.0. The predicted molar refractivity (Wildman–Crippen MR) is 108 cm³/mol. The summed E-state index contributed by atoms with van der Waals surface area (Å²) in [7, 11) is 0. The molecule has 0 heterocycles. The van der Waals surface area contributed by atoms with Crippen molar-refractivity contribution in [2.45, 2.75) is 54.4 Å². The number of nitrogens with one attached hydrogen (secondary N) is 2. The number of phenols is 2. The molecule has 6 nitrogen and oxygen atoms in total. The average Bonchev–Trinajstić information content (AvgIpc) is 2.65. The number of amides is 2. The van der Waals surface area contributed by atoms with Crippen molar-refractivity contribution in [3.05, 3.63) is 56.6 Å². The van der Waals surface area contributed by atoms with Gasteiger partial charge in [-0.15, -0.1) is 0 Å². The van der Waals surface area contributed by atoms with E-state index in [4.69, 9.17) is 0 Å². The second kappa shape index (κ2) is 8.33. The zero-order chi connectivity index (χ0) is 21.2. The summed E-state index contributed by atoms with van der Waals surface area (Å²) >= 11 is 0. The van der Waals surface area contributed by atoms with Gasteiger partial charge in [-0.05, 0) is 86.1 Å². The molecule has 150 valence electrons. The van der Waals surface area contributed by atoms with Crippen LogP contribution in [0.5, 0.6) is 11.5 Å². The van der Waals surface area contributed by atoms with E-state index >= 15 is 0 Å². The van der Waals surface area contributed by atoms with Crippen LogP contribution >= 0.6 is 0 Å². The highest BCUT2D eigenvalue weighted by Crippen LogP contribution is 2.28. The maximum Gasteiger partial charge on any atom is 0.242 e. The third kappa shape index (κ3) is 4.44. The molecule has 28 heavy (non-hydrogen) atoms. The van der Waals surface area contributed by atoms with Crippen molar-refractivity contribution in [1.29, 1.82) is 0 Å². The maximum absolute atomic E-state index is 12.2. The number of rotatable bonds is 4. The fourth-order valence-electron chi connectivity index (χ4n) is 3.25. The lowest BCUT2D eigenvalue weighted by atomic mass is 9.96. The lowest BCUT2D eigenvalue weighted by Gasteiger charge is -2.15. The quantitative estimate of drug-likeness (QED) is 0.609. The average molecular weight is 384 g/mol. The van der Waals surface area contributed by atoms with Crippen molar-refractivity contribution in [3.63, 3.8) is 0 Å². The van der Waals surface area contributed by atoms with E-state index in [0.29, 0.717) is 11.1 Å². The smallest absolute Gasteiger partial charge is 0.242 e. The van der Waals surface area contributed by atoms with Gasteiger partial charge >= 0.3 is 0 Å². The van der Waals surface area contributed by atoms with Gasteiger partial charge in [-0.2, -0.15) is 0 Å². The largest absolute Gasteiger partial charge is 0.507 e. The molecule has 4 N–H and O–H groups in total. The molecule has 0 radical (unpaired) electrons. The topological polar surface area (TPSA) is 98.7 Å². The van der Waals surface area contributed by atoms with Crippen molar-refractivity contribution < 1.29 is 19.8 Å². The predicted octanol–water partition coefficient (Wildman–Crippen LogP) is 2.88. The molecule has 6 heteroatoms. The fourth-order valence-corrected chi connectivity index (χ4v) is 3.25. The molecule has 0 atom stereocenters. The number of aryl methyl sites for hydroxylation is 2. The van der Waals surface area contributed by atoms with Crippen LogP contribution in [0.4, 0.5) is 0 Å². The van der Waals surface area contributed by atoms with Crippen LogP contribution in [-0.2, 0) is 22.4 Å². The molecular formula is C22H28N2O4. The number of phenolic OH excluding ortho intramolecular Hbond substituents is 2.